The Balaban J connectivity index is -0.000000406. The molecule has 0 aromatic heterocycles. The van der Waals surface area contributed by atoms with Crippen LogP contribution in [0.15, 0.2) is 30.3 Å². The fourth-order valence-corrected chi connectivity index (χ4v) is 7.10. The summed E-state index contributed by atoms with van der Waals surface area (Å²) in [7, 11) is 7.30. The van der Waals surface area contributed by atoms with E-state index in [1.165, 1.54) is 6.42 Å². The summed E-state index contributed by atoms with van der Waals surface area (Å²) >= 11 is 0. The van der Waals surface area contributed by atoms with Crippen LogP contribution in [-0.2, 0) is 58.9 Å². The number of likely N-dealkylation sites (N-methyl/N-ethyl adjacent to an activating group) is 2. The number of ether oxygens (including phenoxy) is 5. The molecule has 1 aliphatic heterocycles. The second kappa shape index (κ2) is 50.2. The quantitative estimate of drug-likeness (QED) is 0.0365. The number of hydrogen-bond acceptors (Lipinski definition) is 13. The van der Waals surface area contributed by atoms with Crippen molar-refractivity contribution >= 4 is 31.1 Å². The van der Waals surface area contributed by atoms with Gasteiger partial charge in [-0.3, -0.25) is 19.2 Å². The third-order valence-electron chi connectivity index (χ3n) is 11.5. The van der Waals surface area contributed by atoms with Crippen molar-refractivity contribution in [2.75, 3.05) is 94.2 Å². The molecule has 1 aliphatic rings. The molecule has 412 valence electrons. The third-order valence-corrected chi connectivity index (χ3v) is 11.5. The van der Waals surface area contributed by atoms with Crippen LogP contribution in [0.3, 0.4) is 0 Å². The molecule has 70 heavy (non-hydrogen) atoms. The van der Waals surface area contributed by atoms with Crippen molar-refractivity contribution in [2.24, 2.45) is 23.7 Å². The Kier molecular flexibility index (Phi) is 52.2. The van der Waals surface area contributed by atoms with E-state index in [0.29, 0.717) is 88.7 Å². The van der Waals surface area contributed by atoms with Crippen LogP contribution in [0.1, 0.15) is 121 Å². The second-order valence-electron chi connectivity index (χ2n) is 17.3. The van der Waals surface area contributed by atoms with Gasteiger partial charge in [0.25, 0.3) is 0 Å². The molecular weight excluding hydrogens is 901 g/mol. The molecule has 5 N–H and O–H groups in total. The van der Waals surface area contributed by atoms with Crippen LogP contribution in [-0.4, -0.2) is 181 Å². The van der Waals surface area contributed by atoms with Crippen LogP contribution >= 0.6 is 0 Å². The number of carboxylic acids is 1. The van der Waals surface area contributed by atoms with Gasteiger partial charge in [0.1, 0.15) is 6.04 Å². The van der Waals surface area contributed by atoms with Crippen molar-refractivity contribution in [1.29, 1.82) is 0 Å². The van der Waals surface area contributed by atoms with E-state index in [0.717, 1.165) is 57.4 Å². The molecule has 0 saturated carbocycles. The smallest absolute Gasteiger partial charge is 0.326 e. The van der Waals surface area contributed by atoms with Crippen molar-refractivity contribution < 1.29 is 57.6 Å². The number of nitrogens with zero attached hydrogens (tertiary/aromatic N) is 3. The summed E-state index contributed by atoms with van der Waals surface area (Å²) in [5.41, 5.74) is 0.884. The maximum absolute atomic E-state index is 11.9. The van der Waals surface area contributed by atoms with E-state index in [9.17, 15) is 24.0 Å². The summed E-state index contributed by atoms with van der Waals surface area (Å²) < 4.78 is 27.0. The SMILES string of the molecule is CC.CC(C)C(C)N(C)CCOCCOCCOCCON.CCC.CCC(C)C(C(CC)OC)N(C)C(=O)CNC=O.COC(C(C)C)C1CCCN1C=O.O=CNC(Cc1ccccc1)C(=O)O. The molecule has 18 nitrogen and oxygen atoms in total. The number of carbonyl (C=O) groups excluding carboxylic acids is 4. The molecule has 1 fully saturated rings. The zero-order chi connectivity index (χ0) is 54.3. The van der Waals surface area contributed by atoms with Crippen molar-refractivity contribution in [3.05, 3.63) is 35.9 Å². The topological polar surface area (TPSA) is 221 Å². The van der Waals surface area contributed by atoms with Gasteiger partial charge in [-0.15, -0.1) is 0 Å². The maximum Gasteiger partial charge on any atom is 0.326 e. The van der Waals surface area contributed by atoms with Crippen molar-refractivity contribution in [2.45, 2.75) is 158 Å². The molecule has 7 atom stereocenters. The summed E-state index contributed by atoms with van der Waals surface area (Å²) in [6, 6.07) is 9.20. The van der Waals surface area contributed by atoms with Gasteiger partial charge in [0.2, 0.25) is 25.1 Å². The number of carbonyl (C=O) groups is 5. The first kappa shape index (κ1) is 72.8. The van der Waals surface area contributed by atoms with Crippen LogP contribution in [0.25, 0.3) is 0 Å². The van der Waals surface area contributed by atoms with Crippen LogP contribution in [0, 0.1) is 17.8 Å². The molecule has 1 saturated heterocycles. The van der Waals surface area contributed by atoms with Gasteiger partial charge >= 0.3 is 5.97 Å². The lowest BCUT2D eigenvalue weighted by Gasteiger charge is -2.37. The van der Waals surface area contributed by atoms with Crippen molar-refractivity contribution in [3.8, 4) is 0 Å². The first-order valence-electron chi connectivity index (χ1n) is 25.4. The molecule has 1 aromatic carbocycles. The minimum absolute atomic E-state index is 0.0186. The monoisotopic (exact) mass is 1000 g/mol. The molecule has 0 aliphatic carbocycles. The van der Waals surface area contributed by atoms with Gasteiger partial charge in [-0.05, 0) is 56.6 Å². The van der Waals surface area contributed by atoms with Gasteiger partial charge in [0, 0.05) is 46.8 Å². The Morgan fingerprint density at radius 3 is 1.77 bits per heavy atom. The standard InChI is InChI=1S/C14H32N2O4.C13H26N2O3.C10H11NO3.C10H19NO2.C3H8.C2H6/c1-13(2)14(3)16(4)5-6-17-7-8-18-9-10-19-11-12-20-15;1-6-10(3)13(11(7-2)18-5)15(4)12(17)8-14-9-16;12-7-11-9(10(13)14)6-8-4-2-1-3-5-8;1-8(2)10(13-3)9-5-4-6-11(9)7-12;1-3-2;1-2/h13-14H,5-12,15H2,1-4H3;9-11,13H,6-8H2,1-5H3,(H,14,16);1-5,7,9H,6H2,(H,11,12)(H,13,14);7-10H,4-6H2,1-3H3;3H2,1-2H3;1-2H3. The fourth-order valence-electron chi connectivity index (χ4n) is 7.10. The Morgan fingerprint density at radius 1 is 0.814 bits per heavy atom. The van der Waals surface area contributed by atoms with E-state index >= 15 is 0 Å². The van der Waals surface area contributed by atoms with Crippen LogP contribution < -0.4 is 16.5 Å². The maximum atomic E-state index is 11.9. The number of hydrogen-bond donors (Lipinski definition) is 4. The lowest BCUT2D eigenvalue weighted by molar-refractivity contribution is -0.140. The molecule has 0 spiro atoms. The summed E-state index contributed by atoms with van der Waals surface area (Å²) in [6.45, 7) is 31.3. The van der Waals surface area contributed by atoms with Crippen molar-refractivity contribution in [3.63, 3.8) is 0 Å². The second-order valence-corrected chi connectivity index (χ2v) is 17.3. The molecule has 4 amide bonds. The number of nitrogens with two attached hydrogens (primary N) is 1. The Labute approximate surface area is 424 Å². The predicted molar refractivity (Wildman–Crippen MR) is 280 cm³/mol. The van der Waals surface area contributed by atoms with Gasteiger partial charge in [-0.25, -0.2) is 10.7 Å². The lowest BCUT2D eigenvalue weighted by atomic mass is 9.91. The van der Waals surface area contributed by atoms with Gasteiger partial charge in [0.05, 0.1) is 77.1 Å². The Morgan fingerprint density at radius 2 is 1.36 bits per heavy atom. The number of likely N-dealkylation sites (tertiary alicyclic amines) is 1. The molecule has 1 aromatic rings. The normalized spacial score (nSPS) is 15.2. The summed E-state index contributed by atoms with van der Waals surface area (Å²) in [6.07, 6.45) is 7.66. The number of nitrogens with one attached hydrogen (secondary N) is 2. The third kappa shape index (κ3) is 36.2. The van der Waals surface area contributed by atoms with E-state index in [1.807, 2.05) is 56.0 Å². The summed E-state index contributed by atoms with van der Waals surface area (Å²) in [5.74, 6) is 5.22. The fraction of sp³-hybridized carbons (Fsp3) is 0.788. The number of methoxy groups -OCH3 is 2. The lowest BCUT2D eigenvalue weighted by Crippen LogP contribution is -2.51. The average molecular weight is 1000 g/mol. The highest BCUT2D eigenvalue weighted by atomic mass is 16.6. The first-order valence-corrected chi connectivity index (χ1v) is 25.4. The van der Waals surface area contributed by atoms with E-state index in [-0.39, 0.29) is 30.7 Å². The largest absolute Gasteiger partial charge is 0.480 e. The van der Waals surface area contributed by atoms with Crippen LogP contribution in [0.4, 0.5) is 0 Å². The highest BCUT2D eigenvalue weighted by Crippen LogP contribution is 2.24. The van der Waals surface area contributed by atoms with Crippen LogP contribution in [0.2, 0.25) is 0 Å². The Hall–Kier alpha value is -3.75. The van der Waals surface area contributed by atoms with Gasteiger partial charge in [-0.2, -0.15) is 0 Å². The minimum Gasteiger partial charge on any atom is -0.480 e. The van der Waals surface area contributed by atoms with E-state index in [1.54, 1.807) is 26.2 Å². The predicted octanol–water partition coefficient (Wildman–Crippen LogP) is 6.08. The molecule has 2 rings (SSSR count). The highest BCUT2D eigenvalue weighted by molar-refractivity contribution is 5.80. The zero-order valence-electron chi connectivity index (χ0n) is 46.5. The Bertz CT molecular complexity index is 1350. The number of aliphatic carboxylic acids is 1. The molecule has 7 unspecified atom stereocenters. The van der Waals surface area contributed by atoms with Gasteiger partial charge < -0.3 is 59.0 Å². The summed E-state index contributed by atoms with van der Waals surface area (Å²) in [4.78, 5) is 64.0. The number of carboxylic acid groups (broad SMARTS) is 1. The number of benzene rings is 1. The molecular formula is C52H102N6O12. The van der Waals surface area contributed by atoms with Crippen LogP contribution in [0.5, 0.6) is 0 Å². The minimum atomic E-state index is -1.03. The van der Waals surface area contributed by atoms with E-state index < -0.39 is 12.0 Å². The van der Waals surface area contributed by atoms with Crippen molar-refractivity contribution in [1.82, 2.24) is 25.3 Å². The number of amides is 4. The van der Waals surface area contributed by atoms with Gasteiger partial charge in [0.15, 0.2) is 0 Å². The molecule has 18 heteroatoms. The first-order chi connectivity index (χ1) is 33.5. The molecule has 0 bridgehead atoms. The summed E-state index contributed by atoms with van der Waals surface area (Å²) in [5, 5.41) is 13.4. The average Bonchev–Trinajstić information content (AvgIpc) is 3.83. The van der Waals surface area contributed by atoms with E-state index in [4.69, 9.17) is 34.7 Å². The molecule has 1 heterocycles. The van der Waals surface area contributed by atoms with Gasteiger partial charge in [-0.1, -0.05) is 119 Å². The highest BCUT2D eigenvalue weighted by Gasteiger charge is 2.33. The van der Waals surface area contributed by atoms with E-state index in [2.05, 4.69) is 89.7 Å². The zero-order valence-corrected chi connectivity index (χ0v) is 46.5. The molecule has 0 radical (unpaired) electrons. The number of rotatable bonds is 32.